The maximum Gasteiger partial charge on any atom is 0.303 e. The van der Waals surface area contributed by atoms with Crippen LogP contribution in [0, 0.1) is 6.92 Å². The zero-order valence-corrected chi connectivity index (χ0v) is 12.5. The number of carbonyl (C=O) groups excluding carboxylic acids is 1. The number of imidazole rings is 1. The van der Waals surface area contributed by atoms with E-state index < -0.39 is 5.97 Å². The third-order valence-corrected chi connectivity index (χ3v) is 4.11. The summed E-state index contributed by atoms with van der Waals surface area (Å²) < 4.78 is 2.03. The smallest absolute Gasteiger partial charge is 0.303 e. The fraction of sp³-hybridized carbons (Fsp3) is 0.438. The van der Waals surface area contributed by atoms with Crippen LogP contribution in [-0.2, 0) is 9.59 Å². The average molecular weight is 301 g/mol. The molecule has 3 rings (SSSR count). The van der Waals surface area contributed by atoms with Gasteiger partial charge in [0.1, 0.15) is 5.65 Å². The van der Waals surface area contributed by atoms with Crippen LogP contribution in [0.1, 0.15) is 43.1 Å². The summed E-state index contributed by atoms with van der Waals surface area (Å²) in [6.07, 6.45) is 3.76. The summed E-state index contributed by atoms with van der Waals surface area (Å²) in [5.74, 6) is -1.02. The SMILES string of the molecule is Cc1cn2c([C@H]3CCCN3C(=O)CCC(=O)O)cccc2n1. The molecule has 1 fully saturated rings. The molecular formula is C16H19N3O3. The van der Waals surface area contributed by atoms with Gasteiger partial charge in [-0.05, 0) is 31.9 Å². The molecule has 22 heavy (non-hydrogen) atoms. The number of fused-ring (bicyclic) bond motifs is 1. The molecule has 116 valence electrons. The van der Waals surface area contributed by atoms with E-state index in [0.29, 0.717) is 6.54 Å². The van der Waals surface area contributed by atoms with Gasteiger partial charge in [-0.3, -0.25) is 9.59 Å². The molecule has 2 aromatic rings. The second-order valence-electron chi connectivity index (χ2n) is 5.70. The minimum Gasteiger partial charge on any atom is -0.481 e. The third kappa shape index (κ3) is 2.68. The number of likely N-dealkylation sites (tertiary alicyclic amines) is 1. The number of carboxylic acid groups (broad SMARTS) is 1. The maximum absolute atomic E-state index is 12.3. The molecule has 0 bridgehead atoms. The number of amides is 1. The minimum absolute atomic E-state index is 0.00130. The second kappa shape index (κ2) is 5.79. The van der Waals surface area contributed by atoms with Crippen LogP contribution in [0.4, 0.5) is 0 Å². The molecule has 6 nitrogen and oxygen atoms in total. The first-order valence-electron chi connectivity index (χ1n) is 7.52. The molecule has 1 atom stereocenters. The quantitative estimate of drug-likeness (QED) is 0.939. The molecule has 3 heterocycles. The van der Waals surface area contributed by atoms with Crippen LogP contribution in [0.2, 0.25) is 0 Å². The molecule has 0 aliphatic carbocycles. The Morgan fingerprint density at radius 3 is 2.95 bits per heavy atom. The number of aryl methyl sites for hydroxylation is 1. The van der Waals surface area contributed by atoms with E-state index in [1.165, 1.54) is 0 Å². The van der Waals surface area contributed by atoms with Gasteiger partial charge in [-0.2, -0.15) is 0 Å². The molecule has 1 amide bonds. The number of pyridine rings is 1. The van der Waals surface area contributed by atoms with Crippen LogP contribution >= 0.6 is 0 Å². The molecule has 2 aromatic heterocycles. The van der Waals surface area contributed by atoms with E-state index in [1.807, 2.05) is 40.6 Å². The maximum atomic E-state index is 12.3. The van der Waals surface area contributed by atoms with Gasteiger partial charge in [-0.25, -0.2) is 4.98 Å². The zero-order chi connectivity index (χ0) is 15.7. The van der Waals surface area contributed by atoms with E-state index in [9.17, 15) is 9.59 Å². The van der Waals surface area contributed by atoms with Crippen LogP contribution in [-0.4, -0.2) is 37.8 Å². The Bertz CT molecular complexity index is 722. The summed E-state index contributed by atoms with van der Waals surface area (Å²) in [4.78, 5) is 29.2. The van der Waals surface area contributed by atoms with Crippen LogP contribution < -0.4 is 0 Å². The Morgan fingerprint density at radius 1 is 1.36 bits per heavy atom. The monoisotopic (exact) mass is 301 g/mol. The van der Waals surface area contributed by atoms with Crippen molar-refractivity contribution >= 4 is 17.5 Å². The lowest BCUT2D eigenvalue weighted by Crippen LogP contribution is -2.31. The summed E-state index contributed by atoms with van der Waals surface area (Å²) in [5.41, 5.74) is 2.85. The fourth-order valence-electron chi connectivity index (χ4n) is 3.16. The summed E-state index contributed by atoms with van der Waals surface area (Å²) in [6.45, 7) is 2.63. The minimum atomic E-state index is -0.934. The molecule has 1 N–H and O–H groups in total. The van der Waals surface area contributed by atoms with E-state index in [-0.39, 0.29) is 24.8 Å². The number of hydrogen-bond acceptors (Lipinski definition) is 3. The van der Waals surface area contributed by atoms with E-state index in [2.05, 4.69) is 4.98 Å². The first-order valence-corrected chi connectivity index (χ1v) is 7.52. The van der Waals surface area contributed by atoms with Crippen LogP contribution in [0.3, 0.4) is 0 Å². The third-order valence-electron chi connectivity index (χ3n) is 4.11. The van der Waals surface area contributed by atoms with Crippen LogP contribution in [0.25, 0.3) is 5.65 Å². The topological polar surface area (TPSA) is 74.9 Å². The summed E-state index contributed by atoms with van der Waals surface area (Å²) in [6, 6.07) is 5.91. The molecule has 0 saturated carbocycles. The Balaban J connectivity index is 1.88. The van der Waals surface area contributed by atoms with E-state index >= 15 is 0 Å². The van der Waals surface area contributed by atoms with Gasteiger partial charge in [0.25, 0.3) is 0 Å². The molecule has 0 radical (unpaired) electrons. The fourth-order valence-corrected chi connectivity index (χ4v) is 3.16. The molecular weight excluding hydrogens is 282 g/mol. The predicted octanol–water partition coefficient (Wildman–Crippen LogP) is 2.17. The Labute approximate surface area is 128 Å². The Kier molecular flexibility index (Phi) is 3.83. The summed E-state index contributed by atoms with van der Waals surface area (Å²) in [5, 5.41) is 8.75. The normalized spacial score (nSPS) is 18.0. The number of rotatable bonds is 4. The highest BCUT2D eigenvalue weighted by Gasteiger charge is 2.31. The van der Waals surface area contributed by atoms with Gasteiger partial charge in [0.05, 0.1) is 18.2 Å². The van der Waals surface area contributed by atoms with Crippen LogP contribution in [0.15, 0.2) is 24.4 Å². The number of aromatic nitrogens is 2. The average Bonchev–Trinajstić information content (AvgIpc) is 3.09. The van der Waals surface area contributed by atoms with Crippen molar-refractivity contribution in [2.24, 2.45) is 0 Å². The number of nitrogens with zero attached hydrogens (tertiary/aromatic N) is 3. The molecule has 0 spiro atoms. The predicted molar refractivity (Wildman–Crippen MR) is 80.5 cm³/mol. The highest BCUT2D eigenvalue weighted by molar-refractivity contribution is 5.81. The lowest BCUT2D eigenvalue weighted by atomic mass is 10.1. The number of aliphatic carboxylic acids is 1. The van der Waals surface area contributed by atoms with Crippen molar-refractivity contribution in [1.29, 1.82) is 0 Å². The van der Waals surface area contributed by atoms with E-state index in [1.54, 1.807) is 0 Å². The highest BCUT2D eigenvalue weighted by Crippen LogP contribution is 2.33. The molecule has 0 aromatic carbocycles. The van der Waals surface area contributed by atoms with Crippen LogP contribution in [0.5, 0.6) is 0 Å². The first kappa shape index (κ1) is 14.6. The van der Waals surface area contributed by atoms with Crippen molar-refractivity contribution in [2.75, 3.05) is 6.54 Å². The number of carboxylic acids is 1. The molecule has 6 heteroatoms. The van der Waals surface area contributed by atoms with Gasteiger partial charge >= 0.3 is 5.97 Å². The van der Waals surface area contributed by atoms with Gasteiger partial charge in [0.2, 0.25) is 5.91 Å². The first-order chi connectivity index (χ1) is 10.6. The van der Waals surface area contributed by atoms with Gasteiger partial charge in [-0.1, -0.05) is 6.07 Å². The van der Waals surface area contributed by atoms with Crippen molar-refractivity contribution in [3.8, 4) is 0 Å². The van der Waals surface area contributed by atoms with Gasteiger partial charge in [-0.15, -0.1) is 0 Å². The van der Waals surface area contributed by atoms with Crippen molar-refractivity contribution in [3.63, 3.8) is 0 Å². The van der Waals surface area contributed by atoms with Crippen molar-refractivity contribution in [1.82, 2.24) is 14.3 Å². The molecule has 1 aliphatic rings. The number of carbonyl (C=O) groups is 2. The van der Waals surface area contributed by atoms with Gasteiger partial charge in [0, 0.05) is 24.9 Å². The van der Waals surface area contributed by atoms with Crippen molar-refractivity contribution in [2.45, 2.75) is 38.6 Å². The summed E-state index contributed by atoms with van der Waals surface area (Å²) >= 11 is 0. The molecule has 1 saturated heterocycles. The zero-order valence-electron chi connectivity index (χ0n) is 12.5. The van der Waals surface area contributed by atoms with Crippen molar-refractivity contribution in [3.05, 3.63) is 35.8 Å². The Morgan fingerprint density at radius 2 is 2.18 bits per heavy atom. The van der Waals surface area contributed by atoms with Crippen molar-refractivity contribution < 1.29 is 14.7 Å². The van der Waals surface area contributed by atoms with E-state index in [0.717, 1.165) is 29.9 Å². The van der Waals surface area contributed by atoms with Gasteiger partial charge in [0.15, 0.2) is 0 Å². The highest BCUT2D eigenvalue weighted by atomic mass is 16.4. The Hall–Kier alpha value is -2.37. The second-order valence-corrected chi connectivity index (χ2v) is 5.70. The lowest BCUT2D eigenvalue weighted by Gasteiger charge is -2.25. The van der Waals surface area contributed by atoms with E-state index in [4.69, 9.17) is 5.11 Å². The van der Waals surface area contributed by atoms with Gasteiger partial charge < -0.3 is 14.4 Å². The number of hydrogen-bond donors (Lipinski definition) is 1. The molecule has 0 unspecified atom stereocenters. The summed E-state index contributed by atoms with van der Waals surface area (Å²) in [7, 11) is 0. The largest absolute Gasteiger partial charge is 0.481 e. The lowest BCUT2D eigenvalue weighted by molar-refractivity contribution is -0.141. The molecule has 1 aliphatic heterocycles. The standard InChI is InChI=1S/C16H19N3O3/c1-11-10-19-13(4-2-6-14(19)17-11)12-5-3-9-18(12)15(20)7-8-16(21)22/h2,4,6,10,12H,3,5,7-9H2,1H3,(H,21,22)/t12-/m1/s1.